The summed E-state index contributed by atoms with van der Waals surface area (Å²) in [6.07, 6.45) is 5.57. The molecule has 0 saturated carbocycles. The van der Waals surface area contributed by atoms with Gasteiger partial charge in [-0.05, 0) is 50.4 Å². The molecule has 15 heteroatoms. The van der Waals surface area contributed by atoms with E-state index in [1.807, 2.05) is 48.5 Å². The van der Waals surface area contributed by atoms with Crippen molar-refractivity contribution in [1.82, 2.24) is 20.6 Å². The summed E-state index contributed by atoms with van der Waals surface area (Å²) in [4.78, 5) is 92.0. The SMILES string of the molecule is CC[C@H](C)[C@H](CC(=O)[C@H](CC(C)N)NC(=O)[C@H](CCCN=C(N)N)CC(=O)[C@@H](C)CC(C)C)C(=O)N[C@H](C(=O)C[C@@H](Cc1cnc[nH]1)C(N)=O)[C@@H](C)CC. The van der Waals surface area contributed by atoms with Crippen LogP contribution >= 0.6 is 0 Å². The van der Waals surface area contributed by atoms with E-state index in [2.05, 4.69) is 25.6 Å². The van der Waals surface area contributed by atoms with Gasteiger partial charge in [0.05, 0.1) is 24.3 Å². The minimum Gasteiger partial charge on any atom is -0.370 e. The largest absolute Gasteiger partial charge is 0.370 e. The highest BCUT2D eigenvalue weighted by Gasteiger charge is 2.36. The number of primary amides is 1. The Morgan fingerprint density at radius 2 is 1.43 bits per heavy atom. The van der Waals surface area contributed by atoms with Gasteiger partial charge in [-0.25, -0.2) is 4.98 Å². The first-order valence-electron chi connectivity index (χ1n) is 19.6. The number of rotatable bonds is 28. The number of amides is 3. The molecule has 0 radical (unpaired) electrons. The average Bonchev–Trinajstić information content (AvgIpc) is 3.61. The van der Waals surface area contributed by atoms with Crippen LogP contribution in [0.3, 0.4) is 0 Å². The molecule has 0 aliphatic carbocycles. The predicted molar refractivity (Wildman–Crippen MR) is 210 cm³/mol. The van der Waals surface area contributed by atoms with Crippen LogP contribution < -0.4 is 33.6 Å². The maximum Gasteiger partial charge on any atom is 0.224 e. The number of hydrogen-bond donors (Lipinski definition) is 7. The van der Waals surface area contributed by atoms with Gasteiger partial charge in [-0.1, -0.05) is 61.3 Å². The molecule has 15 nitrogen and oxygen atoms in total. The summed E-state index contributed by atoms with van der Waals surface area (Å²) < 4.78 is 0. The van der Waals surface area contributed by atoms with Crippen LogP contribution in [-0.2, 0) is 35.2 Å². The third kappa shape index (κ3) is 17.3. The zero-order chi connectivity index (χ0) is 41.1. The molecule has 1 aromatic rings. The summed E-state index contributed by atoms with van der Waals surface area (Å²) in [5.74, 6) is -5.17. The van der Waals surface area contributed by atoms with Crippen LogP contribution in [0.15, 0.2) is 17.5 Å². The number of nitrogens with one attached hydrogen (secondary N) is 3. The summed E-state index contributed by atoms with van der Waals surface area (Å²) in [5, 5.41) is 5.80. The van der Waals surface area contributed by atoms with E-state index >= 15 is 0 Å². The third-order valence-corrected chi connectivity index (χ3v) is 10.3. The molecule has 0 aliphatic rings. The summed E-state index contributed by atoms with van der Waals surface area (Å²) in [6, 6.07) is -2.38. The van der Waals surface area contributed by atoms with Crippen LogP contribution in [0.5, 0.6) is 0 Å². The molecule has 11 N–H and O–H groups in total. The van der Waals surface area contributed by atoms with Crippen LogP contribution in [-0.4, -0.2) is 75.7 Å². The van der Waals surface area contributed by atoms with E-state index in [1.54, 1.807) is 13.1 Å². The van der Waals surface area contributed by atoms with E-state index in [-0.39, 0.29) is 79.7 Å². The van der Waals surface area contributed by atoms with Gasteiger partial charge in [-0.2, -0.15) is 0 Å². The Morgan fingerprint density at radius 3 is 1.94 bits per heavy atom. The van der Waals surface area contributed by atoms with E-state index in [1.165, 1.54) is 6.33 Å². The first-order valence-corrected chi connectivity index (χ1v) is 19.6. The second-order valence-corrected chi connectivity index (χ2v) is 15.7. The van der Waals surface area contributed by atoms with Crippen molar-refractivity contribution in [3.05, 3.63) is 18.2 Å². The quantitative estimate of drug-likeness (QED) is 0.0373. The fourth-order valence-corrected chi connectivity index (χ4v) is 6.62. The van der Waals surface area contributed by atoms with Gasteiger partial charge in [0.2, 0.25) is 17.7 Å². The molecule has 3 amide bonds. The van der Waals surface area contributed by atoms with E-state index in [9.17, 15) is 28.8 Å². The van der Waals surface area contributed by atoms with Gasteiger partial charge in [-0.3, -0.25) is 33.8 Å². The molecule has 0 saturated heterocycles. The monoisotopic (exact) mass is 760 g/mol. The fourth-order valence-electron chi connectivity index (χ4n) is 6.62. The van der Waals surface area contributed by atoms with Gasteiger partial charge in [0.1, 0.15) is 5.78 Å². The van der Waals surface area contributed by atoms with Crippen molar-refractivity contribution in [2.24, 2.45) is 69.4 Å². The van der Waals surface area contributed by atoms with E-state index in [0.717, 1.165) is 0 Å². The van der Waals surface area contributed by atoms with Gasteiger partial charge in [0.15, 0.2) is 17.5 Å². The summed E-state index contributed by atoms with van der Waals surface area (Å²) in [7, 11) is 0. The van der Waals surface area contributed by atoms with Gasteiger partial charge < -0.3 is 38.6 Å². The molecule has 0 bridgehead atoms. The lowest BCUT2D eigenvalue weighted by Gasteiger charge is -2.30. The number of guanidine groups is 1. The van der Waals surface area contributed by atoms with E-state index < -0.39 is 53.6 Å². The second kappa shape index (κ2) is 24.3. The smallest absolute Gasteiger partial charge is 0.224 e. The Bertz CT molecular complexity index is 1380. The average molecular weight is 760 g/mol. The normalized spacial score (nSPS) is 16.5. The maximum absolute atomic E-state index is 14.1. The lowest BCUT2D eigenvalue weighted by molar-refractivity contribution is -0.137. The molecule has 1 heterocycles. The lowest BCUT2D eigenvalue weighted by atomic mass is 9.83. The van der Waals surface area contributed by atoms with Crippen LogP contribution in [0.25, 0.3) is 0 Å². The molecular formula is C39H69N9O6. The highest BCUT2D eigenvalue weighted by Crippen LogP contribution is 2.25. The summed E-state index contributed by atoms with van der Waals surface area (Å²) in [6.45, 7) is 15.4. The molecule has 0 aliphatic heterocycles. The first kappa shape index (κ1) is 47.9. The summed E-state index contributed by atoms with van der Waals surface area (Å²) >= 11 is 0. The number of aliphatic imine (C=N–C) groups is 1. The Morgan fingerprint density at radius 1 is 0.796 bits per heavy atom. The lowest BCUT2D eigenvalue weighted by Crippen LogP contribution is -2.51. The zero-order valence-electron chi connectivity index (χ0n) is 33.9. The van der Waals surface area contributed by atoms with E-state index in [4.69, 9.17) is 22.9 Å². The topological polar surface area (TPSA) is 272 Å². The zero-order valence-corrected chi connectivity index (χ0v) is 33.9. The third-order valence-electron chi connectivity index (χ3n) is 10.3. The standard InChI is InChI=1S/C39H69N9O6/c1-9-23(5)30(38(54)48-35(24(6)10-2)34(51)18-28(36(41)52)16-29-20-44-21-46-29)19-33(50)31(15-26(8)40)47-37(53)27(12-11-13-45-39(42)43)17-32(49)25(7)14-22(3)4/h20-28,30-31,35H,9-19,40H2,1-8H3,(H2,41,52)(H,44,46)(H,47,53)(H,48,54)(H4,42,43,45)/t23-,24-,25-,26?,27+,28+,30-,31-,35-/m0/s1. The molecule has 1 unspecified atom stereocenters. The van der Waals surface area contributed by atoms with Gasteiger partial charge in [0, 0.05) is 67.9 Å². The number of carbonyl (C=O) groups excluding carboxylic acids is 6. The van der Waals surface area contributed by atoms with Gasteiger partial charge >= 0.3 is 0 Å². The molecule has 1 aromatic heterocycles. The number of hydrogen-bond acceptors (Lipinski definition) is 9. The minimum absolute atomic E-state index is 0.00204. The number of aromatic nitrogens is 2. The molecule has 54 heavy (non-hydrogen) atoms. The number of H-pyrrole nitrogens is 1. The van der Waals surface area contributed by atoms with E-state index in [0.29, 0.717) is 43.7 Å². The molecule has 0 aromatic carbocycles. The number of imidazole rings is 1. The van der Waals surface area contributed by atoms with Crippen molar-refractivity contribution in [3.8, 4) is 0 Å². The van der Waals surface area contributed by atoms with Crippen LogP contribution in [0, 0.1) is 41.4 Å². The van der Waals surface area contributed by atoms with Gasteiger partial charge in [-0.15, -0.1) is 0 Å². The number of nitrogens with zero attached hydrogens (tertiary/aromatic N) is 2. The Kier molecular flexibility index (Phi) is 21.5. The Labute approximate surface area is 321 Å². The highest BCUT2D eigenvalue weighted by molar-refractivity contribution is 5.96. The Balaban J connectivity index is 3.28. The fraction of sp³-hybridized carbons (Fsp3) is 0.744. The highest BCUT2D eigenvalue weighted by atomic mass is 16.2. The van der Waals surface area contributed by atoms with Crippen molar-refractivity contribution in [3.63, 3.8) is 0 Å². The van der Waals surface area contributed by atoms with Crippen molar-refractivity contribution in [2.75, 3.05) is 6.54 Å². The van der Waals surface area contributed by atoms with Crippen molar-refractivity contribution < 1.29 is 28.8 Å². The number of Topliss-reactive ketones (excluding diaryl/α,β-unsaturated/α-hetero) is 3. The van der Waals surface area contributed by atoms with Crippen LogP contribution in [0.1, 0.15) is 119 Å². The van der Waals surface area contributed by atoms with Crippen molar-refractivity contribution >= 4 is 41.0 Å². The number of aromatic amines is 1. The van der Waals surface area contributed by atoms with Gasteiger partial charge in [0.25, 0.3) is 0 Å². The molecule has 0 spiro atoms. The van der Waals surface area contributed by atoms with Crippen molar-refractivity contribution in [2.45, 2.75) is 138 Å². The van der Waals surface area contributed by atoms with Crippen molar-refractivity contribution in [1.29, 1.82) is 0 Å². The number of nitrogens with two attached hydrogens (primary N) is 4. The maximum atomic E-state index is 14.1. The molecular weight excluding hydrogens is 690 g/mol. The molecule has 1 rings (SSSR count). The summed E-state index contributed by atoms with van der Waals surface area (Å²) in [5.41, 5.74) is 23.4. The molecule has 306 valence electrons. The predicted octanol–water partition coefficient (Wildman–Crippen LogP) is 2.70. The first-order chi connectivity index (χ1) is 25.3. The second-order valence-electron chi connectivity index (χ2n) is 15.7. The minimum atomic E-state index is -1.01. The molecule has 0 fully saturated rings. The van der Waals surface area contributed by atoms with Crippen LogP contribution in [0.2, 0.25) is 0 Å². The number of carbonyl (C=O) groups is 6. The van der Waals surface area contributed by atoms with Crippen LogP contribution in [0.4, 0.5) is 0 Å². The number of ketones is 3. The molecule has 9 atom stereocenters. The Hall–Kier alpha value is -4.14.